The molecule has 4 rings (SSSR count). The molecule has 7 heteroatoms. The first kappa shape index (κ1) is 26.3. The van der Waals surface area contributed by atoms with Gasteiger partial charge in [-0.05, 0) is 77.6 Å². The van der Waals surface area contributed by atoms with E-state index in [9.17, 15) is 14.7 Å². The number of aromatic carboxylic acids is 1. The van der Waals surface area contributed by atoms with Gasteiger partial charge in [-0.25, -0.2) is 9.59 Å². The summed E-state index contributed by atoms with van der Waals surface area (Å²) in [6, 6.07) is 25.1. The van der Waals surface area contributed by atoms with Gasteiger partial charge >= 0.3 is 12.0 Å². The summed E-state index contributed by atoms with van der Waals surface area (Å²) in [6.45, 7) is 6.12. The lowest BCUT2D eigenvalue weighted by molar-refractivity contribution is 0.0693. The number of carboxylic acids is 1. The van der Waals surface area contributed by atoms with E-state index >= 15 is 0 Å². The lowest BCUT2D eigenvalue weighted by atomic mass is 10.0. The molecular weight excluding hydrogens is 480 g/mol. The Labute approximate surface area is 222 Å². The second-order valence-electron chi connectivity index (χ2n) is 9.17. The number of para-hydroxylation sites is 1. The summed E-state index contributed by atoms with van der Waals surface area (Å²) in [7, 11) is 1.43. The minimum Gasteiger partial charge on any atom is -0.496 e. The van der Waals surface area contributed by atoms with Crippen LogP contribution in [-0.4, -0.2) is 24.2 Å². The van der Waals surface area contributed by atoms with E-state index in [-0.39, 0.29) is 17.2 Å². The summed E-state index contributed by atoms with van der Waals surface area (Å²) in [5.41, 5.74) is 4.54. The molecule has 0 radical (unpaired) electrons. The van der Waals surface area contributed by atoms with Crippen LogP contribution in [0.2, 0.25) is 0 Å². The molecule has 3 N–H and O–H groups in total. The largest absolute Gasteiger partial charge is 0.496 e. The molecule has 0 spiro atoms. The van der Waals surface area contributed by atoms with Gasteiger partial charge in [0.1, 0.15) is 17.1 Å². The van der Waals surface area contributed by atoms with E-state index in [1.165, 1.54) is 7.11 Å². The average molecular weight is 511 g/mol. The van der Waals surface area contributed by atoms with Crippen LogP contribution >= 0.6 is 0 Å². The summed E-state index contributed by atoms with van der Waals surface area (Å²) in [4.78, 5) is 24.7. The molecular formula is C31H30N2O5. The van der Waals surface area contributed by atoms with E-state index in [0.717, 1.165) is 11.1 Å². The zero-order chi connectivity index (χ0) is 27.2. The number of carboxylic acid groups (broad SMARTS) is 1. The molecule has 0 aliphatic carbocycles. The number of carbonyl (C=O) groups is 2. The van der Waals surface area contributed by atoms with Gasteiger partial charge in [0.25, 0.3) is 0 Å². The smallest absolute Gasteiger partial charge is 0.339 e. The number of anilines is 2. The lowest BCUT2D eigenvalue weighted by Crippen LogP contribution is -2.19. The summed E-state index contributed by atoms with van der Waals surface area (Å²) < 4.78 is 11.5. The molecule has 0 heterocycles. The van der Waals surface area contributed by atoms with Crippen molar-refractivity contribution in [2.24, 2.45) is 0 Å². The number of urea groups is 1. The number of carbonyl (C=O) groups excluding carboxylic acids is 1. The second-order valence-corrected chi connectivity index (χ2v) is 9.17. The van der Waals surface area contributed by atoms with Crippen LogP contribution in [0, 0.1) is 6.92 Å². The van der Waals surface area contributed by atoms with E-state index in [0.29, 0.717) is 34.0 Å². The Morgan fingerprint density at radius 3 is 2.18 bits per heavy atom. The van der Waals surface area contributed by atoms with Crippen molar-refractivity contribution in [3.05, 3.63) is 102 Å². The number of hydrogen-bond donors (Lipinski definition) is 3. The number of methoxy groups -OCH3 is 1. The summed E-state index contributed by atoms with van der Waals surface area (Å²) in [6.07, 6.45) is 0. The number of nitrogens with one attached hydrogen (secondary N) is 2. The van der Waals surface area contributed by atoms with Crippen molar-refractivity contribution < 1.29 is 24.2 Å². The summed E-state index contributed by atoms with van der Waals surface area (Å²) in [5, 5.41) is 15.4. The van der Waals surface area contributed by atoms with Crippen molar-refractivity contribution in [3.8, 4) is 28.4 Å². The van der Waals surface area contributed by atoms with E-state index in [2.05, 4.69) is 24.5 Å². The topological polar surface area (TPSA) is 96.9 Å². The fraction of sp³-hybridized carbons (Fsp3) is 0.161. The number of rotatable bonds is 8. The van der Waals surface area contributed by atoms with Gasteiger partial charge < -0.3 is 25.2 Å². The third-order valence-electron chi connectivity index (χ3n) is 6.03. The van der Waals surface area contributed by atoms with Crippen LogP contribution in [0.3, 0.4) is 0 Å². The Hall–Kier alpha value is -4.78. The van der Waals surface area contributed by atoms with Crippen LogP contribution in [0.1, 0.15) is 41.3 Å². The van der Waals surface area contributed by atoms with E-state index < -0.39 is 12.0 Å². The van der Waals surface area contributed by atoms with Gasteiger partial charge in [0.15, 0.2) is 5.75 Å². The zero-order valence-electron chi connectivity index (χ0n) is 21.7. The van der Waals surface area contributed by atoms with Crippen molar-refractivity contribution in [2.75, 3.05) is 17.7 Å². The molecule has 2 amide bonds. The second kappa shape index (κ2) is 11.5. The predicted octanol–water partition coefficient (Wildman–Crippen LogP) is 7.93. The molecule has 0 saturated heterocycles. The first-order chi connectivity index (χ1) is 18.2. The Bertz CT molecular complexity index is 1480. The lowest BCUT2D eigenvalue weighted by Gasteiger charge is -2.18. The molecule has 0 aliphatic heterocycles. The maximum absolute atomic E-state index is 13.0. The van der Waals surface area contributed by atoms with E-state index in [1.807, 2.05) is 61.5 Å². The molecule has 4 aromatic rings. The normalized spacial score (nSPS) is 10.7. The Kier molecular flexibility index (Phi) is 7.97. The number of amides is 2. The van der Waals surface area contributed by atoms with Crippen molar-refractivity contribution in [1.29, 1.82) is 0 Å². The van der Waals surface area contributed by atoms with Crippen LogP contribution in [0.15, 0.2) is 84.9 Å². The van der Waals surface area contributed by atoms with Crippen LogP contribution in [-0.2, 0) is 0 Å². The Balaban J connectivity index is 1.73. The molecule has 0 saturated carbocycles. The van der Waals surface area contributed by atoms with Crippen molar-refractivity contribution in [3.63, 3.8) is 0 Å². The molecule has 0 fully saturated rings. The van der Waals surface area contributed by atoms with Crippen molar-refractivity contribution in [1.82, 2.24) is 0 Å². The molecule has 7 nitrogen and oxygen atoms in total. The third-order valence-corrected chi connectivity index (χ3v) is 6.03. The van der Waals surface area contributed by atoms with Crippen LogP contribution < -0.4 is 20.1 Å². The third kappa shape index (κ3) is 6.13. The Morgan fingerprint density at radius 2 is 1.50 bits per heavy atom. The molecule has 194 valence electrons. The number of aryl methyl sites for hydroxylation is 1. The van der Waals surface area contributed by atoms with Gasteiger partial charge in [0, 0.05) is 5.69 Å². The molecule has 0 bridgehead atoms. The summed E-state index contributed by atoms with van der Waals surface area (Å²) in [5.74, 6) is 0.552. The minimum atomic E-state index is -1.09. The summed E-state index contributed by atoms with van der Waals surface area (Å²) >= 11 is 0. The van der Waals surface area contributed by atoms with Gasteiger partial charge in [-0.15, -0.1) is 0 Å². The molecule has 0 aromatic heterocycles. The highest BCUT2D eigenvalue weighted by molar-refractivity contribution is 6.01. The maximum Gasteiger partial charge on any atom is 0.339 e. The standard InChI is InChI=1S/C31H30N2O5/c1-19(2)24-10-5-6-11-28(24)38-29-15-13-22(21-12-14-27(37-4)25(17-21)30(34)35)18-26(29)33-31(36)32-23-9-7-8-20(3)16-23/h5-19H,1-4H3,(H,34,35)(H2,32,33,36). The average Bonchev–Trinajstić information content (AvgIpc) is 2.89. The highest BCUT2D eigenvalue weighted by atomic mass is 16.5. The number of benzene rings is 4. The molecule has 0 aliphatic rings. The molecule has 0 atom stereocenters. The van der Waals surface area contributed by atoms with Crippen LogP contribution in [0.4, 0.5) is 16.2 Å². The molecule has 0 unspecified atom stereocenters. The minimum absolute atomic E-state index is 0.0443. The number of ether oxygens (including phenoxy) is 2. The van der Waals surface area contributed by atoms with Crippen molar-refractivity contribution in [2.45, 2.75) is 26.7 Å². The molecule has 4 aromatic carbocycles. The predicted molar refractivity (Wildman–Crippen MR) is 150 cm³/mol. The SMILES string of the molecule is COc1ccc(-c2ccc(Oc3ccccc3C(C)C)c(NC(=O)Nc3cccc(C)c3)c2)cc1C(=O)O. The van der Waals surface area contributed by atoms with Gasteiger partial charge in [0.05, 0.1) is 12.8 Å². The van der Waals surface area contributed by atoms with E-state index in [4.69, 9.17) is 9.47 Å². The van der Waals surface area contributed by atoms with Gasteiger partial charge in [-0.1, -0.05) is 56.3 Å². The van der Waals surface area contributed by atoms with Gasteiger partial charge in [-0.3, -0.25) is 0 Å². The van der Waals surface area contributed by atoms with Crippen molar-refractivity contribution >= 4 is 23.4 Å². The maximum atomic E-state index is 13.0. The van der Waals surface area contributed by atoms with E-state index in [1.54, 1.807) is 30.3 Å². The quantitative estimate of drug-likeness (QED) is 0.224. The van der Waals surface area contributed by atoms with Crippen LogP contribution in [0.25, 0.3) is 11.1 Å². The fourth-order valence-electron chi connectivity index (χ4n) is 4.13. The first-order valence-corrected chi connectivity index (χ1v) is 12.2. The highest BCUT2D eigenvalue weighted by Gasteiger charge is 2.16. The fourth-order valence-corrected chi connectivity index (χ4v) is 4.13. The van der Waals surface area contributed by atoms with Gasteiger partial charge in [-0.2, -0.15) is 0 Å². The van der Waals surface area contributed by atoms with Gasteiger partial charge in [0.2, 0.25) is 0 Å². The molecule has 38 heavy (non-hydrogen) atoms. The number of hydrogen-bond acceptors (Lipinski definition) is 4. The van der Waals surface area contributed by atoms with Crippen LogP contribution in [0.5, 0.6) is 17.2 Å². The zero-order valence-corrected chi connectivity index (χ0v) is 21.7. The first-order valence-electron chi connectivity index (χ1n) is 12.2. The highest BCUT2D eigenvalue weighted by Crippen LogP contribution is 2.37. The Morgan fingerprint density at radius 1 is 0.789 bits per heavy atom. The monoisotopic (exact) mass is 510 g/mol.